The summed E-state index contributed by atoms with van der Waals surface area (Å²) in [5, 5.41) is 0.874. The Morgan fingerprint density at radius 3 is 2.81 bits per heavy atom. The average Bonchev–Trinajstić information content (AvgIpc) is 3.04. The topological polar surface area (TPSA) is 26.0 Å². The van der Waals surface area contributed by atoms with Crippen molar-refractivity contribution in [3.05, 3.63) is 34.3 Å². The molecular formula is C14H18ClN. The van der Waals surface area contributed by atoms with Crippen molar-refractivity contribution in [2.45, 2.75) is 43.4 Å². The molecule has 0 aliphatic heterocycles. The molecule has 2 N–H and O–H groups in total. The van der Waals surface area contributed by atoms with Gasteiger partial charge in [0.05, 0.1) is 0 Å². The molecule has 1 aromatic carbocycles. The van der Waals surface area contributed by atoms with E-state index in [-0.39, 0.29) is 0 Å². The summed E-state index contributed by atoms with van der Waals surface area (Å²) < 4.78 is 0. The molecule has 1 nitrogen and oxygen atoms in total. The van der Waals surface area contributed by atoms with Crippen molar-refractivity contribution in [3.63, 3.8) is 0 Å². The Hall–Kier alpha value is -0.530. The molecule has 86 valence electrons. The molecular weight excluding hydrogens is 218 g/mol. The van der Waals surface area contributed by atoms with Gasteiger partial charge in [-0.15, -0.1) is 0 Å². The second-order valence-corrected chi connectivity index (χ2v) is 5.76. The molecule has 1 fully saturated rings. The smallest absolute Gasteiger partial charge is 0.0409 e. The van der Waals surface area contributed by atoms with Gasteiger partial charge in [0.2, 0.25) is 0 Å². The zero-order valence-corrected chi connectivity index (χ0v) is 10.3. The lowest BCUT2D eigenvalue weighted by Gasteiger charge is -2.32. The minimum absolute atomic E-state index is 0.533. The molecule has 2 heteroatoms. The minimum Gasteiger partial charge on any atom is -0.330 e. The first-order chi connectivity index (χ1) is 7.75. The van der Waals surface area contributed by atoms with E-state index in [1.807, 2.05) is 6.07 Å². The van der Waals surface area contributed by atoms with Gasteiger partial charge in [-0.25, -0.2) is 0 Å². The van der Waals surface area contributed by atoms with E-state index in [0.717, 1.165) is 18.0 Å². The maximum Gasteiger partial charge on any atom is 0.0409 e. The number of nitrogens with two attached hydrogens (primary N) is 1. The van der Waals surface area contributed by atoms with Gasteiger partial charge in [0.1, 0.15) is 0 Å². The van der Waals surface area contributed by atoms with Crippen LogP contribution in [-0.4, -0.2) is 6.54 Å². The van der Waals surface area contributed by atoms with Gasteiger partial charge in [0, 0.05) is 5.02 Å². The molecule has 0 heterocycles. The average molecular weight is 236 g/mol. The molecule has 1 atom stereocenters. The molecule has 1 saturated carbocycles. The van der Waals surface area contributed by atoms with E-state index in [0.29, 0.717) is 11.3 Å². The molecule has 0 amide bonds. The van der Waals surface area contributed by atoms with Crippen LogP contribution in [0.25, 0.3) is 0 Å². The van der Waals surface area contributed by atoms with Crippen LogP contribution in [0.3, 0.4) is 0 Å². The van der Waals surface area contributed by atoms with Crippen LogP contribution in [0.1, 0.15) is 49.1 Å². The maximum atomic E-state index is 6.12. The molecule has 16 heavy (non-hydrogen) atoms. The highest BCUT2D eigenvalue weighted by Crippen LogP contribution is 2.58. The van der Waals surface area contributed by atoms with Crippen molar-refractivity contribution < 1.29 is 0 Å². The Bertz CT molecular complexity index is 409. The van der Waals surface area contributed by atoms with E-state index in [4.69, 9.17) is 17.3 Å². The summed E-state index contributed by atoms with van der Waals surface area (Å²) in [4.78, 5) is 0. The second kappa shape index (κ2) is 3.75. The van der Waals surface area contributed by atoms with Crippen molar-refractivity contribution >= 4 is 11.6 Å². The van der Waals surface area contributed by atoms with Crippen LogP contribution in [0.4, 0.5) is 0 Å². The Labute approximate surface area is 102 Å². The van der Waals surface area contributed by atoms with Gasteiger partial charge in [0.15, 0.2) is 0 Å². The lowest BCUT2D eigenvalue weighted by Crippen LogP contribution is -2.21. The van der Waals surface area contributed by atoms with E-state index < -0.39 is 0 Å². The lowest BCUT2D eigenvalue weighted by molar-refractivity contribution is 0.455. The molecule has 1 spiro atoms. The number of fused-ring (bicyclic) bond motifs is 2. The number of hydrogen-bond acceptors (Lipinski definition) is 1. The predicted molar refractivity (Wildman–Crippen MR) is 68.0 cm³/mol. The second-order valence-electron chi connectivity index (χ2n) is 5.32. The summed E-state index contributed by atoms with van der Waals surface area (Å²) in [5.41, 5.74) is 9.30. The number of benzene rings is 1. The highest BCUT2D eigenvalue weighted by molar-refractivity contribution is 6.30. The van der Waals surface area contributed by atoms with E-state index in [1.54, 1.807) is 5.56 Å². The Morgan fingerprint density at radius 2 is 2.12 bits per heavy atom. The lowest BCUT2D eigenvalue weighted by atomic mass is 9.73. The molecule has 3 rings (SSSR count). The first-order valence-electron chi connectivity index (χ1n) is 6.25. The van der Waals surface area contributed by atoms with Crippen LogP contribution in [0.5, 0.6) is 0 Å². The highest BCUT2D eigenvalue weighted by Gasteiger charge is 2.48. The van der Waals surface area contributed by atoms with Crippen molar-refractivity contribution in [1.29, 1.82) is 0 Å². The summed E-state index contributed by atoms with van der Waals surface area (Å²) in [6.07, 6.45) is 6.49. The van der Waals surface area contributed by atoms with Crippen LogP contribution in [0.2, 0.25) is 5.02 Å². The number of halogens is 1. The first-order valence-corrected chi connectivity index (χ1v) is 6.63. The maximum absolute atomic E-state index is 6.12. The Morgan fingerprint density at radius 1 is 1.31 bits per heavy atom. The molecule has 2 aliphatic rings. The van der Waals surface area contributed by atoms with Crippen LogP contribution >= 0.6 is 11.6 Å². The third-order valence-electron chi connectivity index (χ3n) is 4.36. The van der Waals surface area contributed by atoms with Gasteiger partial charge in [-0.1, -0.05) is 17.7 Å². The summed E-state index contributed by atoms with van der Waals surface area (Å²) in [6, 6.07) is 6.48. The zero-order chi connectivity index (χ0) is 11.2. The summed E-state index contributed by atoms with van der Waals surface area (Å²) >= 11 is 6.12. The summed E-state index contributed by atoms with van der Waals surface area (Å²) in [7, 11) is 0. The molecule has 1 aromatic rings. The Balaban J connectivity index is 2.04. The van der Waals surface area contributed by atoms with Gasteiger partial charge < -0.3 is 5.73 Å². The van der Waals surface area contributed by atoms with E-state index in [2.05, 4.69) is 12.1 Å². The van der Waals surface area contributed by atoms with Gasteiger partial charge >= 0.3 is 0 Å². The molecule has 1 unspecified atom stereocenters. The van der Waals surface area contributed by atoms with E-state index in [1.165, 1.54) is 31.2 Å². The summed E-state index contributed by atoms with van der Waals surface area (Å²) in [5.74, 6) is 0.643. The third kappa shape index (κ3) is 1.57. The minimum atomic E-state index is 0.533. The first kappa shape index (κ1) is 10.6. The fourth-order valence-electron chi connectivity index (χ4n) is 3.27. The molecule has 0 bridgehead atoms. The zero-order valence-electron chi connectivity index (χ0n) is 9.51. The fraction of sp³-hybridized carbons (Fsp3) is 0.571. The van der Waals surface area contributed by atoms with Gasteiger partial charge in [0.25, 0.3) is 0 Å². The van der Waals surface area contributed by atoms with Crippen LogP contribution in [-0.2, 0) is 5.41 Å². The van der Waals surface area contributed by atoms with Crippen LogP contribution in [0.15, 0.2) is 18.2 Å². The van der Waals surface area contributed by atoms with E-state index >= 15 is 0 Å². The van der Waals surface area contributed by atoms with Gasteiger partial charge in [-0.2, -0.15) is 0 Å². The molecule has 0 saturated heterocycles. The SMILES string of the molecule is NCCC1CCC2(CC2)c2ccc(Cl)cc21. The highest BCUT2D eigenvalue weighted by atomic mass is 35.5. The van der Waals surface area contributed by atoms with Crippen LogP contribution in [0, 0.1) is 0 Å². The number of rotatable bonds is 2. The van der Waals surface area contributed by atoms with Crippen molar-refractivity contribution in [1.82, 2.24) is 0 Å². The third-order valence-corrected chi connectivity index (χ3v) is 4.60. The van der Waals surface area contributed by atoms with Crippen LogP contribution < -0.4 is 5.73 Å². The number of hydrogen-bond donors (Lipinski definition) is 1. The standard InChI is InChI=1S/C14H18ClN/c15-11-1-2-13-12(9-11)10(4-8-16)3-5-14(13)6-7-14/h1-2,9-10H,3-8,16H2. The Kier molecular flexibility index (Phi) is 2.49. The monoisotopic (exact) mass is 235 g/mol. The fourth-order valence-corrected chi connectivity index (χ4v) is 3.45. The van der Waals surface area contributed by atoms with Crippen molar-refractivity contribution in [2.75, 3.05) is 6.54 Å². The predicted octanol–water partition coefficient (Wildman–Crippen LogP) is 3.60. The molecule has 0 aromatic heterocycles. The normalized spacial score (nSPS) is 25.5. The quantitative estimate of drug-likeness (QED) is 0.833. The van der Waals surface area contributed by atoms with Gasteiger partial charge in [-0.3, -0.25) is 0 Å². The van der Waals surface area contributed by atoms with Crippen molar-refractivity contribution in [2.24, 2.45) is 5.73 Å². The summed E-state index contributed by atoms with van der Waals surface area (Å²) in [6.45, 7) is 0.781. The molecule has 0 radical (unpaired) electrons. The van der Waals surface area contributed by atoms with Gasteiger partial charge in [-0.05, 0) is 73.2 Å². The van der Waals surface area contributed by atoms with Crippen molar-refractivity contribution in [3.8, 4) is 0 Å². The van der Waals surface area contributed by atoms with E-state index in [9.17, 15) is 0 Å². The molecule has 2 aliphatic carbocycles. The largest absolute Gasteiger partial charge is 0.330 e.